The molecule has 2 nitrogen and oxygen atoms in total. The number of rotatable bonds is 3. The molecule has 0 amide bonds. The summed E-state index contributed by atoms with van der Waals surface area (Å²) in [6, 6.07) is 6.28. The fourth-order valence-electron chi connectivity index (χ4n) is 3.05. The lowest BCUT2D eigenvalue weighted by molar-refractivity contribution is 0.100. The molecule has 0 bridgehead atoms. The average molecular weight is 247 g/mol. The lowest BCUT2D eigenvalue weighted by Crippen LogP contribution is -2.28. The first-order valence-corrected chi connectivity index (χ1v) is 7.04. The Morgan fingerprint density at radius 2 is 1.83 bits per heavy atom. The van der Waals surface area contributed by atoms with Crippen molar-refractivity contribution in [2.45, 2.75) is 52.7 Å². The number of nitrogens with two attached hydrogens (primary N) is 1. The molecule has 1 fully saturated rings. The van der Waals surface area contributed by atoms with E-state index >= 15 is 0 Å². The fourth-order valence-corrected chi connectivity index (χ4v) is 3.05. The van der Waals surface area contributed by atoms with Crippen LogP contribution in [-0.4, -0.2) is 6.10 Å². The molecule has 2 heteroatoms. The second-order valence-electron chi connectivity index (χ2n) is 5.96. The number of ether oxygens (including phenoxy) is 1. The van der Waals surface area contributed by atoms with Gasteiger partial charge in [-0.2, -0.15) is 0 Å². The summed E-state index contributed by atoms with van der Waals surface area (Å²) >= 11 is 0. The van der Waals surface area contributed by atoms with Gasteiger partial charge in [-0.15, -0.1) is 0 Å². The lowest BCUT2D eigenvalue weighted by atomic mass is 9.82. The summed E-state index contributed by atoms with van der Waals surface area (Å²) in [6.07, 6.45) is 4.06. The molecule has 1 aromatic carbocycles. The maximum absolute atomic E-state index is 6.21. The van der Waals surface area contributed by atoms with Crippen molar-refractivity contribution in [3.8, 4) is 5.75 Å². The van der Waals surface area contributed by atoms with Gasteiger partial charge in [-0.25, -0.2) is 0 Å². The molecule has 2 rings (SSSR count). The van der Waals surface area contributed by atoms with E-state index in [1.165, 1.54) is 24.8 Å². The van der Waals surface area contributed by atoms with Gasteiger partial charge in [-0.3, -0.25) is 0 Å². The number of benzene rings is 1. The van der Waals surface area contributed by atoms with Crippen LogP contribution in [0.4, 0.5) is 0 Å². The van der Waals surface area contributed by atoms with Gasteiger partial charge in [0.15, 0.2) is 0 Å². The maximum Gasteiger partial charge on any atom is 0.122 e. The van der Waals surface area contributed by atoms with Crippen LogP contribution in [0.1, 0.15) is 44.2 Å². The molecule has 0 radical (unpaired) electrons. The Hall–Kier alpha value is -1.02. The van der Waals surface area contributed by atoms with Gasteiger partial charge in [0.25, 0.3) is 0 Å². The second-order valence-corrected chi connectivity index (χ2v) is 5.96. The highest BCUT2D eigenvalue weighted by Gasteiger charge is 2.25. The van der Waals surface area contributed by atoms with Crippen LogP contribution in [0.3, 0.4) is 0 Å². The van der Waals surface area contributed by atoms with E-state index in [1.54, 1.807) is 0 Å². The van der Waals surface area contributed by atoms with E-state index < -0.39 is 0 Å². The summed E-state index contributed by atoms with van der Waals surface area (Å²) in [5.74, 6) is 2.57. The van der Waals surface area contributed by atoms with Crippen LogP contribution >= 0.6 is 0 Å². The number of aryl methyl sites for hydroxylation is 1. The van der Waals surface area contributed by atoms with Crippen LogP contribution in [0.15, 0.2) is 18.2 Å². The van der Waals surface area contributed by atoms with Gasteiger partial charge in [-0.05, 0) is 55.2 Å². The van der Waals surface area contributed by atoms with Gasteiger partial charge in [0.1, 0.15) is 5.75 Å². The first-order valence-electron chi connectivity index (χ1n) is 7.04. The second kappa shape index (κ2) is 5.75. The molecule has 1 aliphatic rings. The third-order valence-electron chi connectivity index (χ3n) is 3.92. The molecule has 1 aromatic rings. The molecule has 0 aliphatic heterocycles. The van der Waals surface area contributed by atoms with E-state index in [0.29, 0.717) is 12.6 Å². The molecule has 100 valence electrons. The van der Waals surface area contributed by atoms with Crippen LogP contribution in [0, 0.1) is 18.8 Å². The zero-order chi connectivity index (χ0) is 13.1. The lowest BCUT2D eigenvalue weighted by Gasteiger charge is -2.32. The molecule has 18 heavy (non-hydrogen) atoms. The zero-order valence-corrected chi connectivity index (χ0v) is 11.8. The quantitative estimate of drug-likeness (QED) is 0.884. The van der Waals surface area contributed by atoms with Crippen LogP contribution in [0.25, 0.3) is 0 Å². The van der Waals surface area contributed by atoms with E-state index in [-0.39, 0.29) is 0 Å². The highest BCUT2D eigenvalue weighted by molar-refractivity contribution is 5.36. The molecule has 0 aromatic heterocycles. The Balaban J connectivity index is 2.08. The van der Waals surface area contributed by atoms with Crippen molar-refractivity contribution in [1.82, 2.24) is 0 Å². The van der Waals surface area contributed by atoms with Gasteiger partial charge in [0.05, 0.1) is 6.10 Å². The normalized spacial score (nSPS) is 28.1. The summed E-state index contributed by atoms with van der Waals surface area (Å²) in [5.41, 5.74) is 8.04. The Morgan fingerprint density at radius 1 is 1.17 bits per heavy atom. The topological polar surface area (TPSA) is 35.2 Å². The van der Waals surface area contributed by atoms with Crippen LogP contribution in [-0.2, 0) is 6.54 Å². The van der Waals surface area contributed by atoms with Crippen molar-refractivity contribution in [2.75, 3.05) is 0 Å². The minimum Gasteiger partial charge on any atom is -0.490 e. The minimum absolute atomic E-state index is 0.371. The molecule has 0 spiro atoms. The molecule has 2 N–H and O–H groups in total. The highest BCUT2D eigenvalue weighted by atomic mass is 16.5. The standard InChI is InChI=1S/C16H25NO/c1-11-6-12(2)8-15(7-11)18-16-9-14(10-17)5-4-13(16)3/h4-5,9,11-12,15H,6-8,10,17H2,1-3H3. The maximum atomic E-state index is 6.21. The van der Waals surface area contributed by atoms with Gasteiger partial charge >= 0.3 is 0 Å². The molecule has 2 atom stereocenters. The highest BCUT2D eigenvalue weighted by Crippen LogP contribution is 2.32. The van der Waals surface area contributed by atoms with Gasteiger partial charge in [0.2, 0.25) is 0 Å². The molecule has 1 saturated carbocycles. The monoisotopic (exact) mass is 247 g/mol. The largest absolute Gasteiger partial charge is 0.490 e. The van der Waals surface area contributed by atoms with E-state index in [9.17, 15) is 0 Å². The fraction of sp³-hybridized carbons (Fsp3) is 0.625. The third-order valence-corrected chi connectivity index (χ3v) is 3.92. The van der Waals surface area contributed by atoms with Crippen LogP contribution in [0.2, 0.25) is 0 Å². The molecule has 0 heterocycles. The first-order chi connectivity index (χ1) is 8.58. The summed E-state index contributed by atoms with van der Waals surface area (Å²) in [5, 5.41) is 0. The summed E-state index contributed by atoms with van der Waals surface area (Å²) < 4.78 is 6.21. The van der Waals surface area contributed by atoms with Crippen molar-refractivity contribution in [1.29, 1.82) is 0 Å². The van der Waals surface area contributed by atoms with Crippen LogP contribution in [0.5, 0.6) is 5.75 Å². The van der Waals surface area contributed by atoms with Gasteiger partial charge in [0, 0.05) is 6.54 Å². The molecule has 2 unspecified atom stereocenters. The van der Waals surface area contributed by atoms with Crippen molar-refractivity contribution in [2.24, 2.45) is 17.6 Å². The predicted molar refractivity (Wildman–Crippen MR) is 75.7 cm³/mol. The Kier molecular flexibility index (Phi) is 4.28. The SMILES string of the molecule is Cc1ccc(CN)cc1OC1CC(C)CC(C)C1. The number of hydrogen-bond acceptors (Lipinski definition) is 2. The summed E-state index contributed by atoms with van der Waals surface area (Å²) in [6.45, 7) is 7.34. The molecular formula is C16H25NO. The van der Waals surface area contributed by atoms with Gasteiger partial charge in [-0.1, -0.05) is 26.0 Å². The summed E-state index contributed by atoms with van der Waals surface area (Å²) in [4.78, 5) is 0. The smallest absolute Gasteiger partial charge is 0.122 e. The molecule has 0 saturated heterocycles. The van der Waals surface area contributed by atoms with Crippen molar-refractivity contribution < 1.29 is 4.74 Å². The van der Waals surface area contributed by atoms with E-state index in [2.05, 4.69) is 39.0 Å². The predicted octanol–water partition coefficient (Wildman–Crippen LogP) is 3.66. The average Bonchev–Trinajstić information content (AvgIpc) is 2.30. The van der Waals surface area contributed by atoms with E-state index in [0.717, 1.165) is 23.1 Å². The Bertz CT molecular complexity index is 392. The molecule has 1 aliphatic carbocycles. The summed E-state index contributed by atoms with van der Waals surface area (Å²) in [7, 11) is 0. The van der Waals surface area contributed by atoms with Crippen molar-refractivity contribution in [3.63, 3.8) is 0 Å². The minimum atomic E-state index is 0.371. The van der Waals surface area contributed by atoms with Gasteiger partial charge < -0.3 is 10.5 Å². The van der Waals surface area contributed by atoms with Crippen LogP contribution < -0.4 is 10.5 Å². The third kappa shape index (κ3) is 3.26. The Labute approximate surface area is 111 Å². The van der Waals surface area contributed by atoms with Crippen molar-refractivity contribution in [3.05, 3.63) is 29.3 Å². The molecular weight excluding hydrogens is 222 g/mol. The van der Waals surface area contributed by atoms with Crippen molar-refractivity contribution >= 4 is 0 Å². The zero-order valence-electron chi connectivity index (χ0n) is 11.8. The number of hydrogen-bond donors (Lipinski definition) is 1. The van der Waals surface area contributed by atoms with E-state index in [1.807, 2.05) is 0 Å². The Morgan fingerprint density at radius 3 is 2.44 bits per heavy atom. The van der Waals surface area contributed by atoms with E-state index in [4.69, 9.17) is 10.5 Å². The first kappa shape index (κ1) is 13.4.